The molecule has 0 heterocycles. The molecule has 0 aliphatic heterocycles. The van der Waals surface area contributed by atoms with Crippen molar-refractivity contribution in [1.82, 2.24) is 0 Å². The third-order valence-corrected chi connectivity index (χ3v) is 13.3. The highest BCUT2D eigenvalue weighted by Gasteiger charge is 2.43. The van der Waals surface area contributed by atoms with E-state index in [1.807, 2.05) is 0 Å². The summed E-state index contributed by atoms with van der Waals surface area (Å²) in [6.07, 6.45) is 62.8. The van der Waals surface area contributed by atoms with Gasteiger partial charge in [-0.05, 0) is 32.1 Å². The molecule has 0 radical (unpaired) electrons. The van der Waals surface area contributed by atoms with Gasteiger partial charge < -0.3 is 16.9 Å². The van der Waals surface area contributed by atoms with Gasteiger partial charge in [0.05, 0.1) is 26.2 Å². The van der Waals surface area contributed by atoms with Crippen molar-refractivity contribution in [2.45, 2.75) is 309 Å². The van der Waals surface area contributed by atoms with Gasteiger partial charge >= 0.3 is 0 Å². The second kappa shape index (κ2) is 43.4. The van der Waals surface area contributed by atoms with E-state index in [1.165, 1.54) is 287 Å². The molecule has 0 saturated heterocycles. The van der Waals surface area contributed by atoms with Crippen molar-refractivity contribution in [3.8, 4) is 0 Å². The van der Waals surface area contributed by atoms with E-state index in [-0.39, 0.29) is 12.4 Å². The van der Waals surface area contributed by atoms with Crippen LogP contribution in [0.1, 0.15) is 304 Å². The summed E-state index contributed by atoms with van der Waals surface area (Å²) >= 11 is 0. The topological polar surface area (TPSA) is 0 Å². The minimum atomic E-state index is 0. The van der Waals surface area contributed by atoms with Gasteiger partial charge in [0.15, 0.2) is 0 Å². The van der Waals surface area contributed by atoms with Gasteiger partial charge in [0, 0.05) is 19.3 Å². The molecule has 322 valence electrons. The number of nitrogens with zero attached hydrogens (tertiary/aromatic N) is 1. The first kappa shape index (κ1) is 55.3. The molecule has 0 saturated carbocycles. The molecular formula is C51H106ClN. The zero-order chi connectivity index (χ0) is 38.1. The molecule has 0 amide bonds. The summed E-state index contributed by atoms with van der Waals surface area (Å²) in [5.74, 6) is 0. The van der Waals surface area contributed by atoms with Crippen molar-refractivity contribution in [3.63, 3.8) is 0 Å². The fourth-order valence-electron chi connectivity index (χ4n) is 9.34. The molecule has 53 heavy (non-hydrogen) atoms. The van der Waals surface area contributed by atoms with E-state index in [0.29, 0.717) is 5.54 Å². The summed E-state index contributed by atoms with van der Waals surface area (Å²) in [7, 11) is 5.38. The molecule has 0 aromatic rings. The van der Waals surface area contributed by atoms with E-state index in [2.05, 4.69) is 41.8 Å². The highest BCUT2D eigenvalue weighted by molar-refractivity contribution is 4.82. The van der Waals surface area contributed by atoms with Crippen LogP contribution in [0.2, 0.25) is 0 Å². The first-order valence-electron chi connectivity index (χ1n) is 25.3. The van der Waals surface area contributed by atoms with Gasteiger partial charge in [0.25, 0.3) is 0 Å². The van der Waals surface area contributed by atoms with Crippen molar-refractivity contribution < 1.29 is 16.9 Å². The average molecular weight is 769 g/mol. The van der Waals surface area contributed by atoms with Crippen LogP contribution in [0.5, 0.6) is 0 Å². The molecule has 1 nitrogen and oxygen atoms in total. The Morgan fingerprint density at radius 2 is 0.415 bits per heavy atom. The minimum Gasteiger partial charge on any atom is -1.00 e. The molecule has 0 bridgehead atoms. The Hall–Kier alpha value is 0.250. The fourth-order valence-corrected chi connectivity index (χ4v) is 9.34. The van der Waals surface area contributed by atoms with Crippen molar-refractivity contribution in [3.05, 3.63) is 0 Å². The number of rotatable bonds is 45. The highest BCUT2D eigenvalue weighted by Crippen LogP contribution is 2.39. The lowest BCUT2D eigenvalue weighted by molar-refractivity contribution is -0.944. The number of unbranched alkanes of at least 4 members (excludes halogenated alkanes) is 36. The Bertz CT molecular complexity index is 599. The molecule has 0 aromatic heterocycles. The first-order valence-corrected chi connectivity index (χ1v) is 25.3. The summed E-state index contributed by atoms with van der Waals surface area (Å²) in [5, 5.41) is 0. The van der Waals surface area contributed by atoms with E-state index in [4.69, 9.17) is 0 Å². The van der Waals surface area contributed by atoms with Crippen LogP contribution in [-0.4, -0.2) is 30.7 Å². The van der Waals surface area contributed by atoms with Crippen LogP contribution < -0.4 is 12.4 Å². The highest BCUT2D eigenvalue weighted by atomic mass is 35.5. The van der Waals surface area contributed by atoms with Crippen LogP contribution in [0.3, 0.4) is 0 Å². The number of quaternary nitrogens is 1. The second-order valence-corrected chi connectivity index (χ2v) is 18.6. The van der Waals surface area contributed by atoms with Crippen molar-refractivity contribution in [1.29, 1.82) is 0 Å². The minimum absolute atomic E-state index is 0. The summed E-state index contributed by atoms with van der Waals surface area (Å²) in [5.41, 5.74) is 0.500. The maximum Gasteiger partial charge on any atom is 0.0988 e. The molecule has 0 aliphatic rings. The summed E-state index contributed by atoms with van der Waals surface area (Å²) in [6.45, 7) is 10.8. The molecule has 2 heteroatoms. The SMILES string of the molecule is CCCCCCCCCCCCC(CCCCCCCCCCCC)(CCCCCCCCCCCC)[N+](C)(C)CCCCCCCCCCCC.[Cl-]. The summed E-state index contributed by atoms with van der Waals surface area (Å²) in [4.78, 5) is 0. The quantitative estimate of drug-likeness (QED) is 0.0428. The Balaban J connectivity index is 0. The molecule has 0 rings (SSSR count). The van der Waals surface area contributed by atoms with E-state index >= 15 is 0 Å². The molecule has 0 aromatic carbocycles. The van der Waals surface area contributed by atoms with Gasteiger partial charge in [-0.25, -0.2) is 0 Å². The van der Waals surface area contributed by atoms with Gasteiger partial charge in [0.2, 0.25) is 0 Å². The molecular weight excluding hydrogens is 662 g/mol. The van der Waals surface area contributed by atoms with E-state index in [9.17, 15) is 0 Å². The molecule has 0 N–H and O–H groups in total. The lowest BCUT2D eigenvalue weighted by atomic mass is 9.78. The summed E-state index contributed by atoms with van der Waals surface area (Å²) in [6, 6.07) is 0. The number of halogens is 1. The first-order chi connectivity index (χ1) is 25.5. The van der Waals surface area contributed by atoms with Crippen LogP contribution >= 0.6 is 0 Å². The molecule has 0 unspecified atom stereocenters. The maximum absolute atomic E-state index is 2.69. The number of hydrogen-bond acceptors (Lipinski definition) is 0. The van der Waals surface area contributed by atoms with Crippen LogP contribution in [0.4, 0.5) is 0 Å². The lowest BCUT2D eigenvalue weighted by Crippen LogP contribution is -3.00. The van der Waals surface area contributed by atoms with E-state index in [0.717, 1.165) is 0 Å². The van der Waals surface area contributed by atoms with Crippen molar-refractivity contribution in [2.24, 2.45) is 0 Å². The average Bonchev–Trinajstić information content (AvgIpc) is 3.14. The summed E-state index contributed by atoms with van der Waals surface area (Å²) < 4.78 is 1.30. The van der Waals surface area contributed by atoms with E-state index in [1.54, 1.807) is 0 Å². The molecule has 0 fully saturated rings. The van der Waals surface area contributed by atoms with E-state index < -0.39 is 0 Å². The predicted molar refractivity (Wildman–Crippen MR) is 241 cm³/mol. The second-order valence-electron chi connectivity index (χ2n) is 18.6. The Kier molecular flexibility index (Phi) is 45.3. The van der Waals surface area contributed by atoms with Gasteiger partial charge in [-0.2, -0.15) is 0 Å². The predicted octanol–water partition coefficient (Wildman–Crippen LogP) is 15.7. The lowest BCUT2D eigenvalue weighted by Gasteiger charge is -2.50. The molecule has 0 aliphatic carbocycles. The molecule has 0 spiro atoms. The fraction of sp³-hybridized carbons (Fsp3) is 1.00. The van der Waals surface area contributed by atoms with Crippen molar-refractivity contribution in [2.75, 3.05) is 20.6 Å². The Morgan fingerprint density at radius 1 is 0.245 bits per heavy atom. The van der Waals surface area contributed by atoms with Crippen molar-refractivity contribution >= 4 is 0 Å². The van der Waals surface area contributed by atoms with Gasteiger partial charge in [-0.15, -0.1) is 0 Å². The van der Waals surface area contributed by atoms with Gasteiger partial charge in [-0.1, -0.05) is 252 Å². The Morgan fingerprint density at radius 3 is 0.623 bits per heavy atom. The van der Waals surface area contributed by atoms with Gasteiger partial charge in [0.1, 0.15) is 0 Å². The standard InChI is InChI=1S/C51H106N.ClH/c1-7-11-15-19-23-27-31-35-39-43-47-51(48-44-40-36-32-28-24-20-16-12-8-2,49-45-41-37-33-29-25-21-17-13-9-3)52(5,6)50-46-42-38-34-30-26-22-18-14-10-4;/h7-50H2,1-6H3;1H/q+1;/p-1. The normalized spacial score (nSPS) is 12.1. The number of hydrogen-bond donors (Lipinski definition) is 0. The maximum atomic E-state index is 2.69. The third-order valence-electron chi connectivity index (χ3n) is 13.3. The zero-order valence-electron chi connectivity index (χ0n) is 38.4. The smallest absolute Gasteiger partial charge is 0.0988 e. The van der Waals surface area contributed by atoms with Crippen LogP contribution in [0.25, 0.3) is 0 Å². The third kappa shape index (κ3) is 35.2. The monoisotopic (exact) mass is 768 g/mol. The largest absolute Gasteiger partial charge is 1.00 e. The van der Waals surface area contributed by atoms with Crippen LogP contribution in [-0.2, 0) is 0 Å². The zero-order valence-corrected chi connectivity index (χ0v) is 39.2. The van der Waals surface area contributed by atoms with Crippen LogP contribution in [0, 0.1) is 0 Å². The Labute approximate surface area is 345 Å². The van der Waals surface area contributed by atoms with Crippen LogP contribution in [0.15, 0.2) is 0 Å². The van der Waals surface area contributed by atoms with Gasteiger partial charge in [-0.3, -0.25) is 0 Å². The molecule has 0 atom stereocenters.